The van der Waals surface area contributed by atoms with E-state index in [2.05, 4.69) is 13.8 Å². The first-order chi connectivity index (χ1) is 7.02. The quantitative estimate of drug-likeness (QED) is 0.602. The highest BCUT2D eigenvalue weighted by Gasteiger charge is 2.03. The van der Waals surface area contributed by atoms with Gasteiger partial charge in [-0.2, -0.15) is 0 Å². The van der Waals surface area contributed by atoms with Crippen molar-refractivity contribution in [1.82, 2.24) is 0 Å². The predicted octanol–water partition coefficient (Wildman–Crippen LogP) is 2.19. The van der Waals surface area contributed by atoms with Crippen LogP contribution >= 0.6 is 0 Å². The summed E-state index contributed by atoms with van der Waals surface area (Å²) in [5.74, 6) is 0.762. The van der Waals surface area contributed by atoms with Gasteiger partial charge in [0.1, 0.15) is 0 Å². The van der Waals surface area contributed by atoms with Gasteiger partial charge in [-0.1, -0.05) is 13.8 Å². The summed E-state index contributed by atoms with van der Waals surface area (Å²) in [4.78, 5) is 0. The molecule has 0 aromatic rings. The van der Waals surface area contributed by atoms with Crippen LogP contribution < -0.4 is 5.73 Å². The Kier molecular flexibility index (Phi) is 9.06. The molecule has 0 heterocycles. The number of nitrogens with two attached hydrogens (primary N) is 1. The number of hydrogen-bond acceptors (Lipinski definition) is 3. The standard InChI is InChI=1S/C12H27NO2/c1-10(2)6-5-7-15-12(4)9-14-8-11(3)13/h10-12H,5-9,13H2,1-4H3. The maximum Gasteiger partial charge on any atom is 0.0780 e. The fraction of sp³-hybridized carbons (Fsp3) is 1.00. The van der Waals surface area contributed by atoms with Crippen molar-refractivity contribution in [3.05, 3.63) is 0 Å². The highest BCUT2D eigenvalue weighted by molar-refractivity contribution is 4.53. The van der Waals surface area contributed by atoms with E-state index < -0.39 is 0 Å². The third-order valence-corrected chi connectivity index (χ3v) is 2.06. The molecule has 3 heteroatoms. The van der Waals surface area contributed by atoms with Gasteiger partial charge in [-0.05, 0) is 32.6 Å². The van der Waals surface area contributed by atoms with Gasteiger partial charge in [0.15, 0.2) is 0 Å². The van der Waals surface area contributed by atoms with Crippen molar-refractivity contribution in [1.29, 1.82) is 0 Å². The van der Waals surface area contributed by atoms with Gasteiger partial charge in [-0.25, -0.2) is 0 Å². The van der Waals surface area contributed by atoms with Crippen LogP contribution in [-0.4, -0.2) is 32.0 Å². The minimum absolute atomic E-state index is 0.109. The van der Waals surface area contributed by atoms with Crippen molar-refractivity contribution >= 4 is 0 Å². The van der Waals surface area contributed by atoms with E-state index >= 15 is 0 Å². The molecular formula is C12H27NO2. The van der Waals surface area contributed by atoms with E-state index in [0.29, 0.717) is 13.2 Å². The molecule has 0 aliphatic heterocycles. The number of hydrogen-bond donors (Lipinski definition) is 1. The van der Waals surface area contributed by atoms with Gasteiger partial charge in [0.05, 0.1) is 19.3 Å². The summed E-state index contributed by atoms with van der Waals surface area (Å²) >= 11 is 0. The van der Waals surface area contributed by atoms with E-state index in [1.807, 2.05) is 13.8 Å². The Morgan fingerprint density at radius 2 is 1.73 bits per heavy atom. The fourth-order valence-corrected chi connectivity index (χ4v) is 1.24. The first-order valence-electron chi connectivity index (χ1n) is 5.97. The van der Waals surface area contributed by atoms with Crippen molar-refractivity contribution in [3.63, 3.8) is 0 Å². The summed E-state index contributed by atoms with van der Waals surface area (Å²) in [6.07, 6.45) is 2.54. The van der Waals surface area contributed by atoms with Crippen LogP contribution in [-0.2, 0) is 9.47 Å². The van der Waals surface area contributed by atoms with Gasteiger partial charge in [-0.3, -0.25) is 0 Å². The van der Waals surface area contributed by atoms with E-state index in [1.165, 1.54) is 6.42 Å². The van der Waals surface area contributed by atoms with Crippen LogP contribution in [0, 0.1) is 5.92 Å². The van der Waals surface area contributed by atoms with Crippen molar-refractivity contribution in [2.75, 3.05) is 19.8 Å². The van der Waals surface area contributed by atoms with Crippen LogP contribution in [0.5, 0.6) is 0 Å². The molecule has 0 aliphatic carbocycles. The lowest BCUT2D eigenvalue weighted by atomic mass is 10.1. The van der Waals surface area contributed by atoms with Crippen LogP contribution in [0.4, 0.5) is 0 Å². The lowest BCUT2D eigenvalue weighted by Crippen LogP contribution is -2.25. The lowest BCUT2D eigenvalue weighted by molar-refractivity contribution is -0.0105. The van der Waals surface area contributed by atoms with Crippen molar-refractivity contribution in [2.24, 2.45) is 11.7 Å². The molecular weight excluding hydrogens is 190 g/mol. The molecule has 92 valence electrons. The first kappa shape index (κ1) is 14.9. The summed E-state index contributed by atoms with van der Waals surface area (Å²) in [7, 11) is 0. The SMILES string of the molecule is CC(C)CCCOC(C)COCC(C)N. The monoisotopic (exact) mass is 217 g/mol. The second kappa shape index (κ2) is 9.13. The molecule has 0 aromatic heterocycles. The largest absolute Gasteiger partial charge is 0.377 e. The molecule has 0 aromatic carbocycles. The molecule has 0 rings (SSSR count). The minimum atomic E-state index is 0.109. The first-order valence-corrected chi connectivity index (χ1v) is 5.97. The number of ether oxygens (including phenoxy) is 2. The maximum atomic E-state index is 5.61. The third kappa shape index (κ3) is 11.8. The van der Waals surface area contributed by atoms with Crippen LogP contribution in [0.1, 0.15) is 40.5 Å². The van der Waals surface area contributed by atoms with Gasteiger partial charge < -0.3 is 15.2 Å². The lowest BCUT2D eigenvalue weighted by Gasteiger charge is -2.14. The van der Waals surface area contributed by atoms with E-state index in [9.17, 15) is 0 Å². The van der Waals surface area contributed by atoms with E-state index in [1.54, 1.807) is 0 Å². The minimum Gasteiger partial charge on any atom is -0.377 e. The molecule has 0 saturated carbocycles. The van der Waals surface area contributed by atoms with Crippen molar-refractivity contribution < 1.29 is 9.47 Å². The topological polar surface area (TPSA) is 44.5 Å². The van der Waals surface area contributed by atoms with Gasteiger partial charge in [-0.15, -0.1) is 0 Å². The van der Waals surface area contributed by atoms with Gasteiger partial charge in [0, 0.05) is 12.6 Å². The molecule has 2 atom stereocenters. The Morgan fingerprint density at radius 1 is 1.07 bits per heavy atom. The average Bonchev–Trinajstić information content (AvgIpc) is 2.11. The van der Waals surface area contributed by atoms with Gasteiger partial charge in [0.25, 0.3) is 0 Å². The third-order valence-electron chi connectivity index (χ3n) is 2.06. The van der Waals surface area contributed by atoms with Crippen LogP contribution in [0.25, 0.3) is 0 Å². The van der Waals surface area contributed by atoms with Crippen LogP contribution in [0.2, 0.25) is 0 Å². The average molecular weight is 217 g/mol. The Labute approximate surface area is 94.3 Å². The smallest absolute Gasteiger partial charge is 0.0780 e. The molecule has 3 nitrogen and oxygen atoms in total. The summed E-state index contributed by atoms with van der Waals surface area (Å²) < 4.78 is 11.0. The van der Waals surface area contributed by atoms with E-state index in [0.717, 1.165) is 18.9 Å². The van der Waals surface area contributed by atoms with Gasteiger partial charge in [0.2, 0.25) is 0 Å². The Bertz CT molecular complexity index is 138. The molecule has 0 amide bonds. The zero-order chi connectivity index (χ0) is 11.7. The number of rotatable bonds is 9. The summed E-state index contributed by atoms with van der Waals surface area (Å²) in [5, 5.41) is 0. The molecule has 0 radical (unpaired) electrons. The molecule has 15 heavy (non-hydrogen) atoms. The molecule has 2 N–H and O–H groups in total. The van der Waals surface area contributed by atoms with Gasteiger partial charge >= 0.3 is 0 Å². The second-order valence-corrected chi connectivity index (χ2v) is 4.73. The second-order valence-electron chi connectivity index (χ2n) is 4.73. The predicted molar refractivity (Wildman–Crippen MR) is 64.0 cm³/mol. The molecule has 0 aliphatic rings. The normalized spacial score (nSPS) is 15.6. The Morgan fingerprint density at radius 3 is 2.27 bits per heavy atom. The van der Waals surface area contributed by atoms with Crippen molar-refractivity contribution in [2.45, 2.75) is 52.7 Å². The zero-order valence-electron chi connectivity index (χ0n) is 10.7. The Hall–Kier alpha value is -0.120. The van der Waals surface area contributed by atoms with E-state index in [4.69, 9.17) is 15.2 Å². The van der Waals surface area contributed by atoms with Crippen molar-refractivity contribution in [3.8, 4) is 0 Å². The summed E-state index contributed by atoms with van der Waals surface area (Å²) in [6.45, 7) is 10.5. The van der Waals surface area contributed by atoms with Crippen LogP contribution in [0.3, 0.4) is 0 Å². The summed E-state index contributed by atoms with van der Waals surface area (Å²) in [5.41, 5.74) is 5.57. The Balaban J connectivity index is 3.22. The highest BCUT2D eigenvalue weighted by Crippen LogP contribution is 2.04. The van der Waals surface area contributed by atoms with E-state index in [-0.39, 0.29) is 12.1 Å². The molecule has 0 saturated heterocycles. The van der Waals surface area contributed by atoms with Crippen LogP contribution in [0.15, 0.2) is 0 Å². The molecule has 2 unspecified atom stereocenters. The molecule has 0 spiro atoms. The highest BCUT2D eigenvalue weighted by atomic mass is 16.5. The maximum absolute atomic E-state index is 5.61. The fourth-order valence-electron chi connectivity index (χ4n) is 1.24. The zero-order valence-corrected chi connectivity index (χ0v) is 10.7. The molecule has 0 bridgehead atoms. The summed E-state index contributed by atoms with van der Waals surface area (Å²) in [6, 6.07) is 0.109. The molecule has 0 fully saturated rings.